The third kappa shape index (κ3) is 4.56. The number of hydrogen-bond acceptors (Lipinski definition) is 4. The number of amides is 2. The molecule has 122 valence electrons. The quantitative estimate of drug-likeness (QED) is 0.820. The van der Waals surface area contributed by atoms with Crippen molar-refractivity contribution in [2.45, 2.75) is 6.18 Å². The lowest BCUT2D eigenvalue weighted by atomic mass is 10.1. The Kier molecular flexibility index (Phi) is 4.99. The highest BCUT2D eigenvalue weighted by molar-refractivity contribution is 5.93. The van der Waals surface area contributed by atoms with Crippen molar-refractivity contribution in [2.75, 3.05) is 13.1 Å². The maximum atomic E-state index is 11.9. The Morgan fingerprint density at radius 2 is 1.74 bits per heavy atom. The Hall–Kier alpha value is -2.84. The second-order valence-electron chi connectivity index (χ2n) is 4.45. The van der Waals surface area contributed by atoms with Crippen LogP contribution in [0.3, 0.4) is 0 Å². The normalized spacial score (nSPS) is 11.1. The van der Waals surface area contributed by atoms with Crippen molar-refractivity contribution in [1.82, 2.24) is 15.8 Å². The number of benzene rings is 1. The van der Waals surface area contributed by atoms with Crippen molar-refractivity contribution in [3.8, 4) is 11.3 Å². The van der Waals surface area contributed by atoms with Gasteiger partial charge in [0.05, 0.1) is 0 Å². The third-order valence-corrected chi connectivity index (χ3v) is 2.75. The molecule has 1 aromatic carbocycles. The number of nitrogens with zero attached hydrogens (tertiary/aromatic N) is 1. The second kappa shape index (κ2) is 6.95. The van der Waals surface area contributed by atoms with Gasteiger partial charge in [-0.2, -0.15) is 13.2 Å². The van der Waals surface area contributed by atoms with Crippen LogP contribution in [-0.2, 0) is 4.79 Å². The van der Waals surface area contributed by atoms with Gasteiger partial charge in [-0.15, -0.1) is 0 Å². The fraction of sp³-hybridized carbons (Fsp3) is 0.214. The molecule has 2 aromatic rings. The molecule has 0 aliphatic heterocycles. The molecule has 0 atom stereocenters. The Labute approximate surface area is 128 Å². The largest absolute Gasteiger partial charge is 0.471 e. The van der Waals surface area contributed by atoms with Gasteiger partial charge in [-0.05, 0) is 0 Å². The topological polar surface area (TPSA) is 84.2 Å². The average Bonchev–Trinajstić information content (AvgIpc) is 3.01. The van der Waals surface area contributed by atoms with E-state index < -0.39 is 18.0 Å². The van der Waals surface area contributed by atoms with Gasteiger partial charge in [0, 0.05) is 24.7 Å². The monoisotopic (exact) mass is 327 g/mol. The molecule has 6 nitrogen and oxygen atoms in total. The van der Waals surface area contributed by atoms with E-state index in [1.807, 2.05) is 6.07 Å². The standard InChI is InChI=1S/C14H12F3N3O3/c15-14(16,17)13(22)19-7-6-18-12(21)10-8-11(23-20-10)9-4-2-1-3-5-9/h1-5,8H,6-7H2,(H,18,21)(H,19,22). The molecule has 2 N–H and O–H groups in total. The van der Waals surface area contributed by atoms with Crippen LogP contribution in [0.4, 0.5) is 13.2 Å². The summed E-state index contributed by atoms with van der Waals surface area (Å²) in [5.41, 5.74) is 0.725. The minimum absolute atomic E-state index is 0.00833. The van der Waals surface area contributed by atoms with Crippen molar-refractivity contribution in [2.24, 2.45) is 0 Å². The number of aromatic nitrogens is 1. The molecular formula is C14H12F3N3O3. The molecule has 0 radical (unpaired) electrons. The Balaban J connectivity index is 1.83. The molecule has 2 rings (SSSR count). The summed E-state index contributed by atoms with van der Waals surface area (Å²) in [4.78, 5) is 22.3. The summed E-state index contributed by atoms with van der Waals surface area (Å²) in [6.07, 6.45) is -4.94. The second-order valence-corrected chi connectivity index (χ2v) is 4.45. The number of rotatable bonds is 5. The van der Waals surface area contributed by atoms with Crippen LogP contribution in [0.25, 0.3) is 11.3 Å². The molecule has 0 fully saturated rings. The van der Waals surface area contributed by atoms with Gasteiger partial charge in [0.25, 0.3) is 5.91 Å². The number of hydrogen-bond donors (Lipinski definition) is 2. The zero-order valence-corrected chi connectivity index (χ0v) is 11.7. The number of halogens is 3. The van der Waals surface area contributed by atoms with Crippen LogP contribution in [-0.4, -0.2) is 36.2 Å². The first-order valence-corrected chi connectivity index (χ1v) is 6.53. The molecule has 23 heavy (non-hydrogen) atoms. The zero-order valence-electron chi connectivity index (χ0n) is 11.7. The van der Waals surface area contributed by atoms with Crippen LogP contribution in [0.5, 0.6) is 0 Å². The highest BCUT2D eigenvalue weighted by Gasteiger charge is 2.38. The van der Waals surface area contributed by atoms with Gasteiger partial charge in [0.1, 0.15) is 0 Å². The van der Waals surface area contributed by atoms with Gasteiger partial charge in [-0.3, -0.25) is 9.59 Å². The summed E-state index contributed by atoms with van der Waals surface area (Å²) in [5, 5.41) is 7.56. The summed E-state index contributed by atoms with van der Waals surface area (Å²) in [6, 6.07) is 10.4. The van der Waals surface area contributed by atoms with Crippen molar-refractivity contribution < 1.29 is 27.3 Å². The maximum Gasteiger partial charge on any atom is 0.471 e. The fourth-order valence-corrected chi connectivity index (χ4v) is 1.66. The molecule has 0 saturated carbocycles. The predicted octanol–water partition coefficient (Wildman–Crippen LogP) is 1.75. The molecule has 0 aliphatic rings. The maximum absolute atomic E-state index is 11.9. The third-order valence-electron chi connectivity index (χ3n) is 2.75. The Morgan fingerprint density at radius 1 is 1.09 bits per heavy atom. The lowest BCUT2D eigenvalue weighted by molar-refractivity contribution is -0.173. The summed E-state index contributed by atoms with van der Waals surface area (Å²) < 4.78 is 40.9. The van der Waals surface area contributed by atoms with E-state index >= 15 is 0 Å². The molecule has 0 saturated heterocycles. The van der Waals surface area contributed by atoms with E-state index in [1.165, 1.54) is 6.07 Å². The van der Waals surface area contributed by atoms with Gasteiger partial charge < -0.3 is 15.2 Å². The van der Waals surface area contributed by atoms with Crippen molar-refractivity contribution in [3.05, 3.63) is 42.1 Å². The first kappa shape index (κ1) is 16.5. The van der Waals surface area contributed by atoms with Crippen LogP contribution in [0, 0.1) is 0 Å². The molecule has 0 aliphatic carbocycles. The highest BCUT2D eigenvalue weighted by Crippen LogP contribution is 2.19. The van der Waals surface area contributed by atoms with Gasteiger partial charge in [0.2, 0.25) is 0 Å². The number of alkyl halides is 3. The lowest BCUT2D eigenvalue weighted by Gasteiger charge is -2.07. The van der Waals surface area contributed by atoms with E-state index in [9.17, 15) is 22.8 Å². The van der Waals surface area contributed by atoms with Crippen LogP contribution >= 0.6 is 0 Å². The zero-order chi connectivity index (χ0) is 16.9. The van der Waals surface area contributed by atoms with E-state index in [0.717, 1.165) is 5.56 Å². The Morgan fingerprint density at radius 3 is 2.39 bits per heavy atom. The Bertz CT molecular complexity index is 683. The van der Waals surface area contributed by atoms with Crippen molar-refractivity contribution in [3.63, 3.8) is 0 Å². The minimum atomic E-state index is -4.94. The number of carbonyl (C=O) groups excluding carboxylic acids is 2. The van der Waals surface area contributed by atoms with Gasteiger partial charge in [-0.25, -0.2) is 0 Å². The van der Waals surface area contributed by atoms with Gasteiger partial charge in [0.15, 0.2) is 11.5 Å². The summed E-state index contributed by atoms with van der Waals surface area (Å²) in [7, 11) is 0. The van der Waals surface area contributed by atoms with Crippen LogP contribution in [0.15, 0.2) is 40.9 Å². The molecule has 1 aromatic heterocycles. The average molecular weight is 327 g/mol. The van der Waals surface area contributed by atoms with E-state index in [4.69, 9.17) is 4.52 Å². The van der Waals surface area contributed by atoms with E-state index in [0.29, 0.717) is 5.76 Å². The fourth-order valence-electron chi connectivity index (χ4n) is 1.66. The molecular weight excluding hydrogens is 315 g/mol. The highest BCUT2D eigenvalue weighted by atomic mass is 19.4. The van der Waals surface area contributed by atoms with E-state index in [2.05, 4.69) is 10.5 Å². The summed E-state index contributed by atoms with van der Waals surface area (Å²) >= 11 is 0. The first-order chi connectivity index (χ1) is 10.9. The smallest absolute Gasteiger partial charge is 0.355 e. The molecule has 0 bridgehead atoms. The van der Waals surface area contributed by atoms with Crippen molar-refractivity contribution >= 4 is 11.8 Å². The van der Waals surface area contributed by atoms with Gasteiger partial charge in [-0.1, -0.05) is 35.5 Å². The van der Waals surface area contributed by atoms with Crippen LogP contribution in [0.2, 0.25) is 0 Å². The van der Waals surface area contributed by atoms with Crippen LogP contribution < -0.4 is 10.6 Å². The SMILES string of the molecule is O=C(NCCNC(=O)C(F)(F)F)c1cc(-c2ccccc2)on1. The number of carbonyl (C=O) groups is 2. The van der Waals surface area contributed by atoms with E-state index in [-0.39, 0.29) is 18.8 Å². The molecule has 1 heterocycles. The molecule has 0 spiro atoms. The van der Waals surface area contributed by atoms with Crippen molar-refractivity contribution in [1.29, 1.82) is 0 Å². The molecule has 9 heteroatoms. The summed E-state index contributed by atoms with van der Waals surface area (Å²) in [5.74, 6) is -2.28. The molecule has 0 unspecified atom stereocenters. The summed E-state index contributed by atoms with van der Waals surface area (Å²) in [6.45, 7) is -0.526. The minimum Gasteiger partial charge on any atom is -0.355 e. The molecule has 2 amide bonds. The van der Waals surface area contributed by atoms with Gasteiger partial charge >= 0.3 is 12.1 Å². The first-order valence-electron chi connectivity index (χ1n) is 6.53. The number of nitrogens with one attached hydrogen (secondary N) is 2. The van der Waals surface area contributed by atoms with E-state index in [1.54, 1.807) is 29.6 Å². The van der Waals surface area contributed by atoms with Crippen LogP contribution in [0.1, 0.15) is 10.5 Å². The lowest BCUT2D eigenvalue weighted by Crippen LogP contribution is -2.41. The predicted molar refractivity (Wildman–Crippen MR) is 73.3 cm³/mol.